The highest BCUT2D eigenvalue weighted by Crippen LogP contribution is 2.19. The molecule has 24 heavy (non-hydrogen) atoms. The Morgan fingerprint density at radius 3 is 2.71 bits per heavy atom. The Hall–Kier alpha value is -2.73. The van der Waals surface area contributed by atoms with E-state index < -0.39 is 5.91 Å². The molecule has 6 heteroatoms. The molecule has 2 aromatic rings. The number of carbonyl (C=O) groups is 2. The minimum Gasteiger partial charge on any atom is -0.317 e. The Morgan fingerprint density at radius 2 is 2.00 bits per heavy atom. The number of aromatic nitrogens is 1. The van der Waals surface area contributed by atoms with Crippen LogP contribution in [0.15, 0.2) is 48.2 Å². The van der Waals surface area contributed by atoms with Crippen LogP contribution >= 0.6 is 12.2 Å². The molecule has 0 atom stereocenters. The molecule has 122 valence electrons. The summed E-state index contributed by atoms with van der Waals surface area (Å²) in [6.45, 7) is 4.24. The molecule has 2 amide bonds. The normalized spacial score (nSPS) is 16.7. The molecule has 1 aliphatic rings. The molecule has 1 aliphatic heterocycles. The summed E-state index contributed by atoms with van der Waals surface area (Å²) in [7, 11) is 0. The number of nitrogens with one attached hydrogen (secondary N) is 1. The quantitative estimate of drug-likeness (QED) is 0.531. The van der Waals surface area contributed by atoms with Crippen LogP contribution in [0.2, 0.25) is 0 Å². The molecule has 1 saturated heterocycles. The lowest BCUT2D eigenvalue weighted by Crippen LogP contribution is -2.53. The molecular weight excluding hydrogens is 322 g/mol. The topological polar surface area (TPSA) is 54.3 Å². The van der Waals surface area contributed by atoms with Crippen molar-refractivity contribution in [1.29, 1.82) is 0 Å². The van der Waals surface area contributed by atoms with Crippen molar-refractivity contribution in [2.24, 2.45) is 0 Å². The summed E-state index contributed by atoms with van der Waals surface area (Å²) in [5.74, 6) is -0.838. The Balaban J connectivity index is 2.03. The van der Waals surface area contributed by atoms with Gasteiger partial charge in [-0.1, -0.05) is 12.1 Å². The van der Waals surface area contributed by atoms with Crippen LogP contribution in [0.4, 0.5) is 0 Å². The predicted molar refractivity (Wildman–Crippen MR) is 96.6 cm³/mol. The zero-order valence-corrected chi connectivity index (χ0v) is 14.3. The Bertz CT molecular complexity index is 867. The summed E-state index contributed by atoms with van der Waals surface area (Å²) in [5.41, 5.74) is 2.94. The minimum absolute atomic E-state index is 0.0815. The van der Waals surface area contributed by atoms with Crippen molar-refractivity contribution in [2.75, 3.05) is 6.54 Å². The van der Waals surface area contributed by atoms with E-state index >= 15 is 0 Å². The van der Waals surface area contributed by atoms with Gasteiger partial charge in [0.15, 0.2) is 5.11 Å². The number of likely N-dealkylation sites (N-methyl/N-ethyl adjacent to an activating group) is 1. The minimum atomic E-state index is -0.466. The van der Waals surface area contributed by atoms with Gasteiger partial charge in [0.25, 0.3) is 11.8 Å². The molecule has 0 unspecified atom stereocenters. The lowest BCUT2D eigenvalue weighted by molar-refractivity contribution is -0.128. The first kappa shape index (κ1) is 16.1. The van der Waals surface area contributed by atoms with E-state index in [1.54, 1.807) is 6.08 Å². The summed E-state index contributed by atoms with van der Waals surface area (Å²) in [5, 5.41) is 2.71. The van der Waals surface area contributed by atoms with Crippen LogP contribution in [0.1, 0.15) is 18.2 Å². The summed E-state index contributed by atoms with van der Waals surface area (Å²) < 4.78 is 1.93. The van der Waals surface area contributed by atoms with E-state index in [4.69, 9.17) is 12.2 Å². The van der Waals surface area contributed by atoms with E-state index in [9.17, 15) is 9.59 Å². The van der Waals surface area contributed by atoms with Crippen molar-refractivity contribution >= 4 is 35.2 Å². The highest BCUT2D eigenvalue weighted by Gasteiger charge is 2.32. The van der Waals surface area contributed by atoms with Gasteiger partial charge in [0.2, 0.25) is 0 Å². The third-order valence-corrected chi connectivity index (χ3v) is 4.18. The molecule has 0 bridgehead atoms. The van der Waals surface area contributed by atoms with Crippen LogP contribution in [0.3, 0.4) is 0 Å². The standard InChI is InChI=1S/C18H17N3O2S/c1-3-20-17(23)15(16(22)19-18(20)24)11-14-8-5-9-21(14)13-7-4-6-12(2)10-13/h4-11H,3H2,1-2H3,(H,19,22,24)/b15-11+. The zero-order valence-electron chi connectivity index (χ0n) is 13.4. The first-order valence-electron chi connectivity index (χ1n) is 7.64. The highest BCUT2D eigenvalue weighted by molar-refractivity contribution is 7.80. The summed E-state index contributed by atoms with van der Waals surface area (Å²) >= 11 is 5.04. The van der Waals surface area contributed by atoms with Gasteiger partial charge in [-0.15, -0.1) is 0 Å². The number of benzene rings is 1. The van der Waals surface area contributed by atoms with Gasteiger partial charge >= 0.3 is 0 Å². The second-order valence-electron chi connectivity index (χ2n) is 5.51. The number of rotatable bonds is 3. The average Bonchev–Trinajstić information content (AvgIpc) is 3.00. The fourth-order valence-corrected chi connectivity index (χ4v) is 2.96. The van der Waals surface area contributed by atoms with E-state index in [1.165, 1.54) is 4.90 Å². The second kappa shape index (κ2) is 6.41. The maximum Gasteiger partial charge on any atom is 0.265 e. The molecular formula is C18H17N3O2S. The van der Waals surface area contributed by atoms with Gasteiger partial charge in [0, 0.05) is 24.1 Å². The van der Waals surface area contributed by atoms with Gasteiger partial charge in [-0.05, 0) is 62.0 Å². The Kier molecular flexibility index (Phi) is 4.31. The largest absolute Gasteiger partial charge is 0.317 e. The number of carbonyl (C=O) groups excluding carboxylic acids is 2. The molecule has 5 nitrogen and oxygen atoms in total. The van der Waals surface area contributed by atoms with Crippen molar-refractivity contribution in [3.05, 3.63) is 59.4 Å². The van der Waals surface area contributed by atoms with Crippen molar-refractivity contribution in [3.63, 3.8) is 0 Å². The first-order valence-corrected chi connectivity index (χ1v) is 8.05. The third kappa shape index (κ3) is 2.88. The number of amides is 2. The predicted octanol–water partition coefficient (Wildman–Crippen LogP) is 2.43. The van der Waals surface area contributed by atoms with Crippen LogP contribution in [0, 0.1) is 6.92 Å². The molecule has 1 N–H and O–H groups in total. The Morgan fingerprint density at radius 1 is 1.21 bits per heavy atom. The van der Waals surface area contributed by atoms with Crippen molar-refractivity contribution in [3.8, 4) is 5.69 Å². The van der Waals surface area contributed by atoms with Crippen molar-refractivity contribution < 1.29 is 9.59 Å². The van der Waals surface area contributed by atoms with Crippen LogP contribution < -0.4 is 5.32 Å². The van der Waals surface area contributed by atoms with E-state index in [0.29, 0.717) is 6.54 Å². The van der Waals surface area contributed by atoms with Crippen LogP contribution in [-0.4, -0.2) is 32.9 Å². The number of nitrogens with zero attached hydrogens (tertiary/aromatic N) is 2. The van der Waals surface area contributed by atoms with Gasteiger partial charge in [0.05, 0.1) is 0 Å². The maximum absolute atomic E-state index is 12.5. The fourth-order valence-electron chi connectivity index (χ4n) is 2.65. The maximum atomic E-state index is 12.5. The molecule has 1 aromatic heterocycles. The SMILES string of the molecule is CCN1C(=O)/C(=C/c2cccn2-c2cccc(C)c2)C(=O)NC1=S. The fraction of sp³-hybridized carbons (Fsp3) is 0.167. The summed E-state index contributed by atoms with van der Waals surface area (Å²) in [6, 6.07) is 11.7. The first-order chi connectivity index (χ1) is 11.5. The zero-order chi connectivity index (χ0) is 17.3. The van der Waals surface area contributed by atoms with Gasteiger partial charge in [0.1, 0.15) is 5.57 Å². The van der Waals surface area contributed by atoms with Gasteiger partial charge in [-0.3, -0.25) is 19.8 Å². The van der Waals surface area contributed by atoms with Crippen molar-refractivity contribution in [2.45, 2.75) is 13.8 Å². The highest BCUT2D eigenvalue weighted by atomic mass is 32.1. The smallest absolute Gasteiger partial charge is 0.265 e. The van der Waals surface area contributed by atoms with Gasteiger partial charge in [-0.25, -0.2) is 0 Å². The third-order valence-electron chi connectivity index (χ3n) is 3.85. The van der Waals surface area contributed by atoms with E-state index in [1.807, 2.05) is 61.0 Å². The number of hydrogen-bond donors (Lipinski definition) is 1. The monoisotopic (exact) mass is 339 g/mol. The molecule has 0 saturated carbocycles. The summed E-state index contributed by atoms with van der Waals surface area (Å²) in [6.07, 6.45) is 3.50. The molecule has 0 aliphatic carbocycles. The molecule has 3 rings (SSSR count). The summed E-state index contributed by atoms with van der Waals surface area (Å²) in [4.78, 5) is 26.1. The molecule has 1 fully saturated rings. The number of thiocarbonyl (C=S) groups is 1. The van der Waals surface area contributed by atoms with Gasteiger partial charge < -0.3 is 4.57 Å². The number of hydrogen-bond acceptors (Lipinski definition) is 3. The molecule has 2 heterocycles. The lowest BCUT2D eigenvalue weighted by atomic mass is 10.1. The average molecular weight is 339 g/mol. The van der Waals surface area contributed by atoms with Gasteiger partial charge in [-0.2, -0.15) is 0 Å². The Labute approximate surface area is 145 Å². The van der Waals surface area contributed by atoms with Crippen LogP contribution in [0.25, 0.3) is 11.8 Å². The lowest BCUT2D eigenvalue weighted by Gasteiger charge is -2.27. The molecule has 1 aromatic carbocycles. The van der Waals surface area contributed by atoms with E-state index in [0.717, 1.165) is 16.9 Å². The second-order valence-corrected chi connectivity index (χ2v) is 5.90. The van der Waals surface area contributed by atoms with Crippen LogP contribution in [0.5, 0.6) is 0 Å². The van der Waals surface area contributed by atoms with E-state index in [-0.39, 0.29) is 16.6 Å². The van der Waals surface area contributed by atoms with Crippen molar-refractivity contribution in [1.82, 2.24) is 14.8 Å². The molecule has 0 spiro atoms. The number of aryl methyl sites for hydroxylation is 1. The van der Waals surface area contributed by atoms with Crippen LogP contribution in [-0.2, 0) is 9.59 Å². The molecule has 0 radical (unpaired) electrons. The van der Waals surface area contributed by atoms with E-state index in [2.05, 4.69) is 5.32 Å².